The van der Waals surface area contributed by atoms with Gasteiger partial charge in [0.25, 0.3) is 5.56 Å². The number of carbonyl (C=O) groups excluding carboxylic acids is 1. The standard InChI is InChI=1S/C18H19N3O4S/c1-24-13-4-3-12(15(9-13)25-2)10-19-16(22)5-7-21-11-20-17-14(18(21)23)6-8-26-17/h3-4,6,8-9,11H,5,7,10H2,1-2H3,(H,19,22). The third-order valence-electron chi connectivity index (χ3n) is 4.00. The molecule has 0 aliphatic heterocycles. The molecule has 2 aromatic heterocycles. The average molecular weight is 373 g/mol. The van der Waals surface area contributed by atoms with Crippen LogP contribution < -0.4 is 20.3 Å². The number of benzene rings is 1. The molecular formula is C18H19N3O4S. The lowest BCUT2D eigenvalue weighted by atomic mass is 10.2. The van der Waals surface area contributed by atoms with Crippen molar-refractivity contribution in [2.75, 3.05) is 14.2 Å². The Morgan fingerprint density at radius 1 is 1.27 bits per heavy atom. The summed E-state index contributed by atoms with van der Waals surface area (Å²) in [6.07, 6.45) is 1.68. The third-order valence-corrected chi connectivity index (χ3v) is 4.82. The van der Waals surface area contributed by atoms with Gasteiger partial charge in [0, 0.05) is 31.1 Å². The van der Waals surface area contributed by atoms with E-state index in [0.29, 0.717) is 28.3 Å². The van der Waals surface area contributed by atoms with Gasteiger partial charge in [-0.25, -0.2) is 4.98 Å². The van der Waals surface area contributed by atoms with Crippen molar-refractivity contribution in [2.45, 2.75) is 19.5 Å². The van der Waals surface area contributed by atoms with Gasteiger partial charge in [0.05, 0.1) is 25.9 Å². The average Bonchev–Trinajstić information content (AvgIpc) is 3.15. The molecule has 26 heavy (non-hydrogen) atoms. The predicted molar refractivity (Wildman–Crippen MR) is 99.9 cm³/mol. The van der Waals surface area contributed by atoms with Crippen molar-refractivity contribution in [3.63, 3.8) is 0 Å². The fourth-order valence-corrected chi connectivity index (χ4v) is 3.28. The summed E-state index contributed by atoms with van der Waals surface area (Å²) >= 11 is 1.42. The number of fused-ring (bicyclic) bond motifs is 1. The van der Waals surface area contributed by atoms with E-state index in [-0.39, 0.29) is 24.4 Å². The summed E-state index contributed by atoms with van der Waals surface area (Å²) in [5.41, 5.74) is 0.723. The molecule has 0 atom stereocenters. The lowest BCUT2D eigenvalue weighted by Crippen LogP contribution is -2.27. The molecule has 0 bridgehead atoms. The Morgan fingerprint density at radius 2 is 2.12 bits per heavy atom. The highest BCUT2D eigenvalue weighted by Gasteiger charge is 2.09. The topological polar surface area (TPSA) is 82.5 Å². The zero-order chi connectivity index (χ0) is 18.5. The number of hydrogen-bond donors (Lipinski definition) is 1. The lowest BCUT2D eigenvalue weighted by molar-refractivity contribution is -0.121. The van der Waals surface area contributed by atoms with Crippen molar-refractivity contribution in [3.8, 4) is 11.5 Å². The molecule has 0 unspecified atom stereocenters. The second kappa shape index (κ2) is 8.01. The normalized spacial score (nSPS) is 10.7. The summed E-state index contributed by atoms with van der Waals surface area (Å²) in [5, 5.41) is 5.26. The van der Waals surface area contributed by atoms with Crippen molar-refractivity contribution < 1.29 is 14.3 Å². The minimum absolute atomic E-state index is 0.124. The summed E-state index contributed by atoms with van der Waals surface area (Å²) in [5.74, 6) is 1.18. The number of thiophene rings is 1. The highest BCUT2D eigenvalue weighted by atomic mass is 32.1. The van der Waals surface area contributed by atoms with Crippen LogP contribution in [-0.4, -0.2) is 29.7 Å². The smallest absolute Gasteiger partial charge is 0.262 e. The second-order valence-electron chi connectivity index (χ2n) is 5.59. The van der Waals surface area contributed by atoms with Crippen LogP contribution in [0.2, 0.25) is 0 Å². The fourth-order valence-electron chi connectivity index (χ4n) is 2.55. The molecule has 0 aliphatic carbocycles. The Kier molecular flexibility index (Phi) is 5.52. The first kappa shape index (κ1) is 17.9. The van der Waals surface area contributed by atoms with E-state index >= 15 is 0 Å². The molecule has 2 heterocycles. The maximum atomic E-state index is 12.3. The van der Waals surface area contributed by atoms with E-state index in [2.05, 4.69) is 10.3 Å². The molecule has 0 spiro atoms. The van der Waals surface area contributed by atoms with Crippen LogP contribution in [0.3, 0.4) is 0 Å². The number of rotatable bonds is 7. The van der Waals surface area contributed by atoms with Gasteiger partial charge in [0.15, 0.2) is 0 Å². The Hall–Kier alpha value is -2.87. The van der Waals surface area contributed by atoms with Crippen LogP contribution in [0, 0.1) is 0 Å². The molecule has 1 amide bonds. The molecular weight excluding hydrogens is 354 g/mol. The van der Waals surface area contributed by atoms with Gasteiger partial charge in [-0.05, 0) is 23.6 Å². The number of ether oxygens (including phenoxy) is 2. The Bertz CT molecular complexity index is 980. The number of aryl methyl sites for hydroxylation is 1. The van der Waals surface area contributed by atoms with Gasteiger partial charge in [0.2, 0.25) is 5.91 Å². The van der Waals surface area contributed by atoms with Crippen molar-refractivity contribution >= 4 is 27.5 Å². The van der Waals surface area contributed by atoms with Crippen molar-refractivity contribution in [1.29, 1.82) is 0 Å². The Morgan fingerprint density at radius 3 is 2.88 bits per heavy atom. The summed E-state index contributed by atoms with van der Waals surface area (Å²) in [6.45, 7) is 0.617. The van der Waals surface area contributed by atoms with Gasteiger partial charge in [-0.1, -0.05) is 0 Å². The maximum absolute atomic E-state index is 12.3. The number of amides is 1. The molecule has 8 heteroatoms. The fraction of sp³-hybridized carbons (Fsp3) is 0.278. The van der Waals surface area contributed by atoms with Gasteiger partial charge in [0.1, 0.15) is 16.3 Å². The van der Waals surface area contributed by atoms with E-state index in [9.17, 15) is 9.59 Å². The summed E-state index contributed by atoms with van der Waals surface area (Å²) < 4.78 is 11.9. The van der Waals surface area contributed by atoms with Crippen LogP contribution >= 0.6 is 11.3 Å². The summed E-state index contributed by atoms with van der Waals surface area (Å²) in [4.78, 5) is 29.4. The monoisotopic (exact) mass is 373 g/mol. The SMILES string of the molecule is COc1ccc(CNC(=O)CCn2cnc3sccc3c2=O)c(OC)c1. The van der Waals surface area contributed by atoms with Gasteiger partial charge >= 0.3 is 0 Å². The highest BCUT2D eigenvalue weighted by molar-refractivity contribution is 7.16. The van der Waals surface area contributed by atoms with Gasteiger partial charge in [-0.3, -0.25) is 14.2 Å². The number of aromatic nitrogens is 2. The first-order valence-corrected chi connectivity index (χ1v) is 8.90. The summed E-state index contributed by atoms with van der Waals surface area (Å²) in [7, 11) is 3.15. The van der Waals surface area contributed by atoms with Crippen LogP contribution in [0.4, 0.5) is 0 Å². The quantitative estimate of drug-likeness (QED) is 0.686. The predicted octanol–water partition coefficient (Wildman–Crippen LogP) is 2.18. The number of nitrogens with zero attached hydrogens (tertiary/aromatic N) is 2. The van der Waals surface area contributed by atoms with Crippen molar-refractivity contribution in [1.82, 2.24) is 14.9 Å². The number of hydrogen-bond acceptors (Lipinski definition) is 6. The number of carbonyl (C=O) groups is 1. The molecule has 0 radical (unpaired) electrons. The summed E-state index contributed by atoms with van der Waals surface area (Å²) in [6, 6.07) is 7.17. The van der Waals surface area contributed by atoms with E-state index in [1.54, 1.807) is 26.4 Å². The van der Waals surface area contributed by atoms with Crippen LogP contribution in [0.25, 0.3) is 10.2 Å². The first-order chi connectivity index (χ1) is 12.6. The van der Waals surface area contributed by atoms with E-state index < -0.39 is 0 Å². The van der Waals surface area contributed by atoms with E-state index in [1.807, 2.05) is 17.5 Å². The van der Waals surface area contributed by atoms with Crippen LogP contribution in [-0.2, 0) is 17.9 Å². The van der Waals surface area contributed by atoms with Crippen LogP contribution in [0.5, 0.6) is 11.5 Å². The number of nitrogens with one attached hydrogen (secondary N) is 1. The molecule has 136 valence electrons. The molecule has 3 aromatic rings. The first-order valence-electron chi connectivity index (χ1n) is 8.02. The van der Waals surface area contributed by atoms with Crippen molar-refractivity contribution in [3.05, 3.63) is 51.9 Å². The molecule has 3 rings (SSSR count). The molecule has 1 aromatic carbocycles. The van der Waals surface area contributed by atoms with E-state index in [4.69, 9.17) is 9.47 Å². The Labute approximate surface area is 154 Å². The van der Waals surface area contributed by atoms with E-state index in [0.717, 1.165) is 5.56 Å². The van der Waals surface area contributed by atoms with Crippen molar-refractivity contribution in [2.24, 2.45) is 0 Å². The Balaban J connectivity index is 1.59. The second-order valence-corrected chi connectivity index (χ2v) is 6.48. The van der Waals surface area contributed by atoms with Gasteiger partial charge in [-0.2, -0.15) is 0 Å². The number of methoxy groups -OCH3 is 2. The minimum atomic E-state index is -0.153. The van der Waals surface area contributed by atoms with E-state index in [1.165, 1.54) is 22.2 Å². The van der Waals surface area contributed by atoms with Gasteiger partial charge in [-0.15, -0.1) is 11.3 Å². The molecule has 7 nitrogen and oxygen atoms in total. The molecule has 0 fully saturated rings. The highest BCUT2D eigenvalue weighted by Crippen LogP contribution is 2.24. The zero-order valence-electron chi connectivity index (χ0n) is 14.5. The molecule has 0 saturated carbocycles. The molecule has 1 N–H and O–H groups in total. The molecule has 0 saturated heterocycles. The van der Waals surface area contributed by atoms with Gasteiger partial charge < -0.3 is 14.8 Å². The third kappa shape index (κ3) is 3.85. The van der Waals surface area contributed by atoms with Crippen LogP contribution in [0.1, 0.15) is 12.0 Å². The maximum Gasteiger partial charge on any atom is 0.262 e. The molecule has 0 aliphatic rings. The lowest BCUT2D eigenvalue weighted by Gasteiger charge is -2.11. The zero-order valence-corrected chi connectivity index (χ0v) is 15.3. The minimum Gasteiger partial charge on any atom is -0.497 e. The largest absolute Gasteiger partial charge is 0.497 e. The van der Waals surface area contributed by atoms with Crippen LogP contribution in [0.15, 0.2) is 40.8 Å².